The molecule has 0 saturated carbocycles. The minimum absolute atomic E-state index is 0.00529. The van der Waals surface area contributed by atoms with Crippen LogP contribution in [-0.2, 0) is 12.2 Å². The van der Waals surface area contributed by atoms with Crippen LogP contribution in [0, 0.1) is 11.6 Å². The number of ether oxygens (including phenoxy) is 1. The first-order chi connectivity index (χ1) is 17.4. The largest absolute Gasteiger partial charge is 0.495 e. The predicted molar refractivity (Wildman–Crippen MR) is 143 cm³/mol. The Balaban J connectivity index is 1.60. The summed E-state index contributed by atoms with van der Waals surface area (Å²) in [6.07, 6.45) is 0.533. The van der Waals surface area contributed by atoms with Gasteiger partial charge in [-0.15, -0.1) is 10.2 Å². The summed E-state index contributed by atoms with van der Waals surface area (Å²) in [5, 5.41) is 10.1. The Morgan fingerprint density at radius 2 is 1.78 bits per heavy atom. The molecule has 0 amide bonds. The highest BCUT2D eigenvalue weighted by Gasteiger charge is 2.22. The summed E-state index contributed by atoms with van der Waals surface area (Å²) in [6, 6.07) is 14.7. The van der Waals surface area contributed by atoms with Crippen LogP contribution in [-0.4, -0.2) is 21.7 Å². The van der Waals surface area contributed by atoms with Crippen molar-refractivity contribution in [3.8, 4) is 17.0 Å². The van der Waals surface area contributed by atoms with Gasteiger partial charge in [0, 0.05) is 33.2 Å². The van der Waals surface area contributed by atoms with Crippen molar-refractivity contribution < 1.29 is 13.5 Å². The summed E-state index contributed by atoms with van der Waals surface area (Å²) in [7, 11) is 1.56. The Labute approximate surface area is 228 Å². The molecule has 2 aromatic heterocycles. The second kappa shape index (κ2) is 10.6. The highest BCUT2D eigenvalue weighted by molar-refractivity contribution is 7.98. The number of thioether (sulfide) groups is 1. The molecule has 0 atom stereocenters. The minimum atomic E-state index is -0.511. The van der Waals surface area contributed by atoms with E-state index in [1.165, 1.54) is 35.2 Å². The molecule has 0 aliphatic heterocycles. The van der Waals surface area contributed by atoms with Crippen molar-refractivity contribution in [2.45, 2.75) is 17.3 Å². The van der Waals surface area contributed by atoms with Crippen molar-refractivity contribution in [3.63, 3.8) is 0 Å². The van der Waals surface area contributed by atoms with Crippen LogP contribution in [0.15, 0.2) is 59.8 Å². The van der Waals surface area contributed by atoms with Gasteiger partial charge in [-0.2, -0.15) is 0 Å². The van der Waals surface area contributed by atoms with Crippen molar-refractivity contribution in [1.82, 2.24) is 14.6 Å². The van der Waals surface area contributed by atoms with E-state index in [1.54, 1.807) is 31.4 Å². The van der Waals surface area contributed by atoms with Crippen molar-refractivity contribution in [2.24, 2.45) is 0 Å². The Kier molecular flexibility index (Phi) is 7.42. The number of thiazole rings is 1. The van der Waals surface area contributed by atoms with E-state index >= 15 is 0 Å². The SMILES string of the molecule is COc1ccc(Cc2sc3nnc(SCc4c(F)cccc4Cl)n3c2-c2ccc(F)c(Cl)c2)cc1Cl. The number of rotatable bonds is 7. The molecule has 5 aromatic rings. The molecule has 0 N–H and O–H groups in total. The van der Waals surface area contributed by atoms with Crippen molar-refractivity contribution in [2.75, 3.05) is 7.11 Å². The second-order valence-electron chi connectivity index (χ2n) is 7.74. The van der Waals surface area contributed by atoms with Gasteiger partial charge in [0.15, 0.2) is 5.16 Å². The molecular weight excluding hydrogens is 567 g/mol. The molecule has 184 valence electrons. The molecule has 36 heavy (non-hydrogen) atoms. The average Bonchev–Trinajstić information content (AvgIpc) is 3.40. The highest BCUT2D eigenvalue weighted by Crippen LogP contribution is 2.39. The standard InChI is InChI=1S/C25H16Cl3F2N3OS2/c1-34-21-8-5-13(9-18(21)28)10-22-23(14-6-7-20(30)17(27)11-14)33-24(31-32-25(33)36-22)35-12-15-16(26)3-2-4-19(15)29/h2-9,11H,10,12H2,1H3. The minimum Gasteiger partial charge on any atom is -0.495 e. The maximum Gasteiger partial charge on any atom is 0.217 e. The van der Waals surface area contributed by atoms with E-state index in [9.17, 15) is 8.78 Å². The fraction of sp³-hybridized carbons (Fsp3) is 0.120. The molecule has 5 rings (SSSR count). The fourth-order valence-electron chi connectivity index (χ4n) is 3.76. The van der Waals surface area contributed by atoms with Gasteiger partial charge < -0.3 is 4.74 Å². The summed E-state index contributed by atoms with van der Waals surface area (Å²) >= 11 is 21.5. The zero-order chi connectivity index (χ0) is 25.4. The summed E-state index contributed by atoms with van der Waals surface area (Å²) < 4.78 is 35.5. The smallest absolute Gasteiger partial charge is 0.217 e. The lowest BCUT2D eigenvalue weighted by molar-refractivity contribution is 0.415. The highest BCUT2D eigenvalue weighted by atomic mass is 35.5. The Morgan fingerprint density at radius 1 is 0.944 bits per heavy atom. The predicted octanol–water partition coefficient (Wildman–Crippen LogP) is 8.59. The molecule has 2 heterocycles. The molecule has 0 bridgehead atoms. The van der Waals surface area contributed by atoms with E-state index in [-0.39, 0.29) is 16.6 Å². The van der Waals surface area contributed by atoms with Gasteiger partial charge >= 0.3 is 0 Å². The molecule has 0 radical (unpaired) electrons. The van der Waals surface area contributed by atoms with Gasteiger partial charge in [-0.25, -0.2) is 8.78 Å². The molecule has 0 saturated heterocycles. The van der Waals surface area contributed by atoms with Crippen LogP contribution in [0.25, 0.3) is 16.2 Å². The summed E-state index contributed by atoms with van der Waals surface area (Å²) in [6.45, 7) is 0. The van der Waals surface area contributed by atoms with Gasteiger partial charge in [0.05, 0.1) is 22.8 Å². The lowest BCUT2D eigenvalue weighted by Crippen LogP contribution is -1.96. The van der Waals surface area contributed by atoms with Crippen LogP contribution in [0.5, 0.6) is 5.75 Å². The molecule has 11 heteroatoms. The van der Waals surface area contributed by atoms with Gasteiger partial charge in [0.25, 0.3) is 0 Å². The lowest BCUT2D eigenvalue weighted by atomic mass is 10.1. The number of hydrogen-bond acceptors (Lipinski definition) is 5. The Bertz CT molecular complexity index is 1570. The van der Waals surface area contributed by atoms with Crippen LogP contribution in [0.4, 0.5) is 8.78 Å². The molecule has 0 spiro atoms. The van der Waals surface area contributed by atoms with Crippen molar-refractivity contribution in [3.05, 3.63) is 97.3 Å². The quantitative estimate of drug-likeness (QED) is 0.180. The van der Waals surface area contributed by atoms with Crippen LogP contribution in [0.3, 0.4) is 0 Å². The molecule has 0 unspecified atom stereocenters. The number of halogens is 5. The molecule has 0 aliphatic rings. The summed E-state index contributed by atoms with van der Waals surface area (Å²) in [4.78, 5) is 1.59. The Morgan fingerprint density at radius 3 is 2.50 bits per heavy atom. The number of nitrogens with zero attached hydrogens (tertiary/aromatic N) is 3. The van der Waals surface area contributed by atoms with Gasteiger partial charge in [-0.05, 0) is 48.0 Å². The van der Waals surface area contributed by atoms with Crippen LogP contribution in [0.2, 0.25) is 15.1 Å². The second-order valence-corrected chi connectivity index (χ2v) is 11.0. The first-order valence-electron chi connectivity index (χ1n) is 10.6. The van der Waals surface area contributed by atoms with Crippen molar-refractivity contribution >= 4 is 62.9 Å². The van der Waals surface area contributed by atoms with Gasteiger partial charge in [0.2, 0.25) is 4.96 Å². The molecule has 0 fully saturated rings. The van der Waals surface area contributed by atoms with Crippen LogP contribution in [0.1, 0.15) is 16.0 Å². The first-order valence-corrected chi connectivity index (χ1v) is 13.5. The molecule has 0 aliphatic carbocycles. The average molecular weight is 583 g/mol. The number of hydrogen-bond donors (Lipinski definition) is 0. The van der Waals surface area contributed by atoms with Crippen LogP contribution >= 0.6 is 57.9 Å². The van der Waals surface area contributed by atoms with Gasteiger partial charge in [0.1, 0.15) is 17.4 Å². The van der Waals surface area contributed by atoms with Crippen LogP contribution < -0.4 is 4.74 Å². The van der Waals surface area contributed by atoms with E-state index in [4.69, 9.17) is 39.5 Å². The Hall–Kier alpha value is -2.36. The third-order valence-electron chi connectivity index (χ3n) is 5.49. The van der Waals surface area contributed by atoms with E-state index in [1.807, 2.05) is 22.6 Å². The van der Waals surface area contributed by atoms with E-state index in [0.29, 0.717) is 43.5 Å². The maximum atomic E-state index is 14.3. The number of aromatic nitrogens is 3. The molecule has 3 aromatic carbocycles. The van der Waals surface area contributed by atoms with Gasteiger partial charge in [-0.3, -0.25) is 4.40 Å². The summed E-state index contributed by atoms with van der Waals surface area (Å²) in [5.41, 5.74) is 2.82. The normalized spacial score (nSPS) is 11.4. The fourth-order valence-corrected chi connectivity index (χ4v) is 6.67. The zero-order valence-corrected chi connectivity index (χ0v) is 22.5. The summed E-state index contributed by atoms with van der Waals surface area (Å²) in [5.74, 6) is -0.0527. The third kappa shape index (κ3) is 4.93. The monoisotopic (exact) mass is 581 g/mol. The van der Waals surface area contributed by atoms with Gasteiger partial charge in [-0.1, -0.05) is 70.0 Å². The van der Waals surface area contributed by atoms with E-state index in [0.717, 1.165) is 16.1 Å². The van der Waals surface area contributed by atoms with Crippen molar-refractivity contribution in [1.29, 1.82) is 0 Å². The lowest BCUT2D eigenvalue weighted by Gasteiger charge is -2.10. The number of fused-ring (bicyclic) bond motifs is 1. The molecular formula is C25H16Cl3F2N3OS2. The maximum absolute atomic E-state index is 14.3. The first kappa shape index (κ1) is 25.3. The molecule has 4 nitrogen and oxygen atoms in total. The third-order valence-corrected chi connectivity index (χ3v) is 8.41. The van der Waals surface area contributed by atoms with E-state index in [2.05, 4.69) is 10.2 Å². The van der Waals surface area contributed by atoms with E-state index < -0.39 is 5.82 Å². The topological polar surface area (TPSA) is 39.4 Å². The number of methoxy groups -OCH3 is 1. The zero-order valence-electron chi connectivity index (χ0n) is 18.6. The number of benzene rings is 3.